The van der Waals surface area contributed by atoms with Crippen LogP contribution in [0.1, 0.15) is 25.3 Å². The minimum atomic E-state index is -2.88. The Labute approximate surface area is 123 Å². The lowest BCUT2D eigenvalue weighted by Crippen LogP contribution is -2.41. The van der Waals surface area contributed by atoms with E-state index in [1.165, 1.54) is 6.07 Å². The van der Waals surface area contributed by atoms with Gasteiger partial charge in [0.05, 0.1) is 0 Å². The number of piperidine rings is 1. The first kappa shape index (κ1) is 15.5. The van der Waals surface area contributed by atoms with Crippen molar-refractivity contribution in [2.75, 3.05) is 18.4 Å². The predicted molar refractivity (Wildman–Crippen MR) is 76.8 cm³/mol. The van der Waals surface area contributed by atoms with Crippen LogP contribution in [-0.4, -0.2) is 30.6 Å². The summed E-state index contributed by atoms with van der Waals surface area (Å²) >= 11 is 0. The van der Waals surface area contributed by atoms with E-state index in [-0.39, 0.29) is 11.8 Å². The summed E-state index contributed by atoms with van der Waals surface area (Å²) in [4.78, 5) is 14.0. The fraction of sp³-hybridized carbons (Fsp3) is 0.533. The van der Waals surface area contributed by atoms with Crippen molar-refractivity contribution in [3.8, 4) is 5.75 Å². The Kier molecular flexibility index (Phi) is 4.98. The average Bonchev–Trinajstić information content (AvgIpc) is 2.42. The quantitative estimate of drug-likeness (QED) is 0.920. The standard InChI is InChI=1S/C15H20F2N2O2/c1-10-5-4-8-19(9-10)15(20)18-12-6-3-7-13(11(12)2)21-14(16)17/h3,6-7,10,14H,4-5,8-9H2,1-2H3,(H,18,20)/t10-/m1/s1. The van der Waals surface area contributed by atoms with Gasteiger partial charge in [0.1, 0.15) is 5.75 Å². The number of amides is 2. The van der Waals surface area contributed by atoms with Crippen LogP contribution >= 0.6 is 0 Å². The number of benzene rings is 1. The van der Waals surface area contributed by atoms with Crippen LogP contribution in [0.5, 0.6) is 5.75 Å². The van der Waals surface area contributed by atoms with Crippen molar-refractivity contribution in [2.45, 2.75) is 33.3 Å². The highest BCUT2D eigenvalue weighted by molar-refractivity contribution is 5.90. The molecular weight excluding hydrogens is 278 g/mol. The number of hydrogen-bond acceptors (Lipinski definition) is 2. The molecule has 1 aliphatic rings. The van der Waals surface area contributed by atoms with Crippen LogP contribution in [-0.2, 0) is 0 Å². The number of nitrogens with zero attached hydrogens (tertiary/aromatic N) is 1. The van der Waals surface area contributed by atoms with E-state index in [1.54, 1.807) is 24.0 Å². The highest BCUT2D eigenvalue weighted by Crippen LogP contribution is 2.27. The van der Waals surface area contributed by atoms with E-state index in [0.717, 1.165) is 25.9 Å². The Morgan fingerprint density at radius 2 is 2.24 bits per heavy atom. The lowest BCUT2D eigenvalue weighted by molar-refractivity contribution is -0.0502. The largest absolute Gasteiger partial charge is 0.434 e. The maximum atomic E-state index is 12.3. The molecule has 1 aromatic rings. The maximum Gasteiger partial charge on any atom is 0.387 e. The molecule has 4 nitrogen and oxygen atoms in total. The first-order chi connectivity index (χ1) is 9.97. The zero-order valence-electron chi connectivity index (χ0n) is 12.2. The van der Waals surface area contributed by atoms with Gasteiger partial charge in [0.15, 0.2) is 0 Å². The number of carbonyl (C=O) groups is 1. The van der Waals surface area contributed by atoms with Gasteiger partial charge in [-0.25, -0.2) is 4.79 Å². The number of carbonyl (C=O) groups excluding carboxylic acids is 1. The van der Waals surface area contributed by atoms with E-state index in [4.69, 9.17) is 0 Å². The van der Waals surface area contributed by atoms with Crippen LogP contribution < -0.4 is 10.1 Å². The second kappa shape index (κ2) is 6.74. The monoisotopic (exact) mass is 298 g/mol. The normalized spacial score (nSPS) is 18.7. The highest BCUT2D eigenvalue weighted by atomic mass is 19.3. The third-order valence-electron chi connectivity index (χ3n) is 3.69. The molecule has 0 aliphatic carbocycles. The molecule has 0 aromatic heterocycles. The zero-order chi connectivity index (χ0) is 15.4. The number of rotatable bonds is 3. The van der Waals surface area contributed by atoms with Crippen molar-refractivity contribution >= 4 is 11.7 Å². The van der Waals surface area contributed by atoms with Crippen molar-refractivity contribution in [2.24, 2.45) is 5.92 Å². The molecule has 1 heterocycles. The van der Waals surface area contributed by atoms with Gasteiger partial charge in [-0.05, 0) is 37.8 Å². The van der Waals surface area contributed by atoms with E-state index >= 15 is 0 Å². The molecule has 2 amide bonds. The van der Waals surface area contributed by atoms with E-state index < -0.39 is 6.61 Å². The number of urea groups is 1. The van der Waals surface area contributed by atoms with Crippen LogP contribution in [0.3, 0.4) is 0 Å². The molecule has 1 fully saturated rings. The number of ether oxygens (including phenoxy) is 1. The third kappa shape index (κ3) is 4.06. The topological polar surface area (TPSA) is 41.6 Å². The molecule has 0 saturated carbocycles. The summed E-state index contributed by atoms with van der Waals surface area (Å²) in [6.45, 7) is 2.33. The second-order valence-electron chi connectivity index (χ2n) is 5.43. The van der Waals surface area contributed by atoms with Crippen molar-refractivity contribution in [1.29, 1.82) is 0 Å². The minimum Gasteiger partial charge on any atom is -0.434 e. The molecule has 0 unspecified atom stereocenters. The molecule has 1 aromatic carbocycles. The Morgan fingerprint density at radius 1 is 1.48 bits per heavy atom. The van der Waals surface area contributed by atoms with Crippen LogP contribution in [0.25, 0.3) is 0 Å². The van der Waals surface area contributed by atoms with Gasteiger partial charge in [-0.1, -0.05) is 13.0 Å². The minimum absolute atomic E-state index is 0.0785. The SMILES string of the molecule is Cc1c(NC(=O)N2CCC[C@@H](C)C2)cccc1OC(F)F. The van der Waals surface area contributed by atoms with Crippen molar-refractivity contribution in [1.82, 2.24) is 4.90 Å². The molecule has 1 aliphatic heterocycles. The number of likely N-dealkylation sites (tertiary alicyclic amines) is 1. The summed E-state index contributed by atoms with van der Waals surface area (Å²) in [5.41, 5.74) is 0.993. The Hall–Kier alpha value is -1.85. The summed E-state index contributed by atoms with van der Waals surface area (Å²) in [6, 6.07) is 4.52. The van der Waals surface area contributed by atoms with E-state index in [1.807, 2.05) is 0 Å². The fourth-order valence-corrected chi connectivity index (χ4v) is 2.54. The summed E-state index contributed by atoms with van der Waals surface area (Å²) in [5, 5.41) is 2.78. The third-order valence-corrected chi connectivity index (χ3v) is 3.69. The van der Waals surface area contributed by atoms with E-state index in [2.05, 4.69) is 17.0 Å². The molecule has 6 heteroatoms. The van der Waals surface area contributed by atoms with Crippen molar-refractivity contribution in [3.05, 3.63) is 23.8 Å². The van der Waals surface area contributed by atoms with Crippen LogP contribution in [0, 0.1) is 12.8 Å². The van der Waals surface area contributed by atoms with Gasteiger partial charge < -0.3 is 15.0 Å². The Bertz CT molecular complexity index is 508. The summed E-state index contributed by atoms with van der Waals surface area (Å²) in [7, 11) is 0. The van der Waals surface area contributed by atoms with Gasteiger partial charge in [0.2, 0.25) is 0 Å². The number of hydrogen-bond donors (Lipinski definition) is 1. The van der Waals surface area contributed by atoms with Crippen LogP contribution in [0.2, 0.25) is 0 Å². The number of nitrogens with one attached hydrogen (secondary N) is 1. The second-order valence-corrected chi connectivity index (χ2v) is 5.43. The van der Waals surface area contributed by atoms with Crippen molar-refractivity contribution < 1.29 is 18.3 Å². The van der Waals surface area contributed by atoms with Gasteiger partial charge in [-0.2, -0.15) is 8.78 Å². The van der Waals surface area contributed by atoms with E-state index in [9.17, 15) is 13.6 Å². The molecule has 21 heavy (non-hydrogen) atoms. The Morgan fingerprint density at radius 3 is 2.90 bits per heavy atom. The highest BCUT2D eigenvalue weighted by Gasteiger charge is 2.21. The first-order valence-corrected chi connectivity index (χ1v) is 7.07. The Balaban J connectivity index is 2.06. The number of halogens is 2. The number of anilines is 1. The summed E-state index contributed by atoms with van der Waals surface area (Å²) in [5.74, 6) is 0.564. The predicted octanol–water partition coefficient (Wildman–Crippen LogP) is 3.86. The molecule has 116 valence electrons. The molecule has 1 atom stereocenters. The molecule has 1 saturated heterocycles. The van der Waals surface area contributed by atoms with Gasteiger partial charge in [-0.3, -0.25) is 0 Å². The van der Waals surface area contributed by atoms with Crippen molar-refractivity contribution in [3.63, 3.8) is 0 Å². The van der Waals surface area contributed by atoms with Gasteiger partial charge in [-0.15, -0.1) is 0 Å². The molecular formula is C15H20F2N2O2. The first-order valence-electron chi connectivity index (χ1n) is 7.07. The zero-order valence-corrected chi connectivity index (χ0v) is 12.2. The van der Waals surface area contributed by atoms with Crippen LogP contribution in [0.15, 0.2) is 18.2 Å². The van der Waals surface area contributed by atoms with Gasteiger partial charge >= 0.3 is 12.6 Å². The average molecular weight is 298 g/mol. The molecule has 0 radical (unpaired) electrons. The summed E-state index contributed by atoms with van der Waals surface area (Å²) < 4.78 is 29.1. The van der Waals surface area contributed by atoms with E-state index in [0.29, 0.717) is 17.2 Å². The molecule has 0 spiro atoms. The number of alkyl halides is 2. The smallest absolute Gasteiger partial charge is 0.387 e. The molecule has 2 rings (SSSR count). The summed E-state index contributed by atoms with van der Waals surface area (Å²) in [6.07, 6.45) is 2.11. The lowest BCUT2D eigenvalue weighted by Gasteiger charge is -2.31. The van der Waals surface area contributed by atoms with Crippen LogP contribution in [0.4, 0.5) is 19.3 Å². The maximum absolute atomic E-state index is 12.3. The fourth-order valence-electron chi connectivity index (χ4n) is 2.54. The lowest BCUT2D eigenvalue weighted by atomic mass is 10.0. The van der Waals surface area contributed by atoms with Gasteiger partial charge in [0.25, 0.3) is 0 Å². The molecule has 1 N–H and O–H groups in total. The molecule has 0 bridgehead atoms. The van der Waals surface area contributed by atoms with Gasteiger partial charge in [0, 0.05) is 24.3 Å².